The standard InChI is InChI=1S/C18H17F3N2O4/c19-18(20,21)11-3-1-4-12(9-11)22-15-10-13(6-7-14(15)17(26)27)23-16(25)5-2-8-24/h1,3-4,6-7,9-10,22,24H,2,5,8H2,(H,23,25)(H,26,27). The molecule has 1 amide bonds. The zero-order valence-corrected chi connectivity index (χ0v) is 14.0. The van der Waals surface area contributed by atoms with Gasteiger partial charge in [0.05, 0.1) is 16.8 Å². The predicted molar refractivity (Wildman–Crippen MR) is 93.1 cm³/mol. The predicted octanol–water partition coefficient (Wildman–Crippen LogP) is 3.86. The third kappa shape index (κ3) is 5.71. The van der Waals surface area contributed by atoms with Crippen LogP contribution in [0.2, 0.25) is 0 Å². The van der Waals surface area contributed by atoms with E-state index in [0.29, 0.717) is 0 Å². The smallest absolute Gasteiger partial charge is 0.416 e. The normalized spacial score (nSPS) is 11.1. The van der Waals surface area contributed by atoms with Gasteiger partial charge in [0.25, 0.3) is 0 Å². The van der Waals surface area contributed by atoms with E-state index in [-0.39, 0.29) is 48.0 Å². The number of carboxylic acids is 1. The van der Waals surface area contributed by atoms with Crippen molar-refractivity contribution in [2.45, 2.75) is 19.0 Å². The van der Waals surface area contributed by atoms with Crippen LogP contribution < -0.4 is 10.6 Å². The molecule has 6 nitrogen and oxygen atoms in total. The minimum Gasteiger partial charge on any atom is -0.478 e. The van der Waals surface area contributed by atoms with Gasteiger partial charge in [-0.05, 0) is 42.8 Å². The van der Waals surface area contributed by atoms with Gasteiger partial charge in [0, 0.05) is 24.4 Å². The maximum atomic E-state index is 12.8. The summed E-state index contributed by atoms with van der Waals surface area (Å²) in [5.41, 5.74) is -0.686. The SMILES string of the molecule is O=C(CCCO)Nc1ccc(C(=O)O)c(Nc2cccc(C(F)(F)F)c2)c1. The second-order valence-corrected chi connectivity index (χ2v) is 5.64. The van der Waals surface area contributed by atoms with E-state index in [9.17, 15) is 27.9 Å². The molecule has 4 N–H and O–H groups in total. The van der Waals surface area contributed by atoms with Crippen molar-refractivity contribution in [1.82, 2.24) is 0 Å². The van der Waals surface area contributed by atoms with Crippen molar-refractivity contribution in [3.8, 4) is 0 Å². The number of benzene rings is 2. The minimum atomic E-state index is -4.53. The number of amides is 1. The Morgan fingerprint density at radius 1 is 1.04 bits per heavy atom. The van der Waals surface area contributed by atoms with Gasteiger partial charge in [0.1, 0.15) is 0 Å². The van der Waals surface area contributed by atoms with Gasteiger partial charge >= 0.3 is 12.1 Å². The molecule has 27 heavy (non-hydrogen) atoms. The van der Waals surface area contributed by atoms with E-state index in [1.807, 2.05) is 0 Å². The van der Waals surface area contributed by atoms with Gasteiger partial charge < -0.3 is 20.8 Å². The molecule has 0 saturated carbocycles. The van der Waals surface area contributed by atoms with Crippen molar-refractivity contribution in [1.29, 1.82) is 0 Å². The highest BCUT2D eigenvalue weighted by atomic mass is 19.4. The molecule has 0 spiro atoms. The topological polar surface area (TPSA) is 98.7 Å². The molecule has 0 bridgehead atoms. The highest BCUT2D eigenvalue weighted by Gasteiger charge is 2.30. The number of halogens is 3. The summed E-state index contributed by atoms with van der Waals surface area (Å²) in [5.74, 6) is -1.65. The lowest BCUT2D eigenvalue weighted by molar-refractivity contribution is -0.137. The number of carboxylic acid groups (broad SMARTS) is 1. The second-order valence-electron chi connectivity index (χ2n) is 5.64. The Morgan fingerprint density at radius 3 is 2.41 bits per heavy atom. The van der Waals surface area contributed by atoms with Crippen LogP contribution >= 0.6 is 0 Å². The van der Waals surface area contributed by atoms with Crippen LogP contribution in [0.4, 0.5) is 30.2 Å². The van der Waals surface area contributed by atoms with Gasteiger partial charge in [-0.2, -0.15) is 13.2 Å². The zero-order chi connectivity index (χ0) is 20.0. The summed E-state index contributed by atoms with van der Waals surface area (Å²) in [5, 5.41) is 23.2. The van der Waals surface area contributed by atoms with Crippen LogP contribution in [-0.4, -0.2) is 28.7 Å². The summed E-state index contributed by atoms with van der Waals surface area (Å²) in [6.45, 7) is -0.145. The fourth-order valence-corrected chi connectivity index (χ4v) is 2.30. The molecule has 0 aliphatic rings. The van der Waals surface area contributed by atoms with Crippen molar-refractivity contribution in [3.05, 3.63) is 53.6 Å². The van der Waals surface area contributed by atoms with Gasteiger partial charge in [-0.3, -0.25) is 4.79 Å². The van der Waals surface area contributed by atoms with Crippen molar-refractivity contribution >= 4 is 28.9 Å². The third-order valence-electron chi connectivity index (χ3n) is 3.56. The molecule has 0 fully saturated rings. The summed E-state index contributed by atoms with van der Waals surface area (Å²) < 4.78 is 38.5. The van der Waals surface area contributed by atoms with E-state index in [1.54, 1.807) is 0 Å². The Labute approximate surface area is 152 Å². The van der Waals surface area contributed by atoms with E-state index in [0.717, 1.165) is 12.1 Å². The van der Waals surface area contributed by atoms with Crippen molar-refractivity contribution in [2.75, 3.05) is 17.2 Å². The number of hydrogen-bond donors (Lipinski definition) is 4. The average molecular weight is 382 g/mol. The van der Waals surface area contributed by atoms with E-state index in [2.05, 4.69) is 10.6 Å². The van der Waals surface area contributed by atoms with E-state index >= 15 is 0 Å². The maximum Gasteiger partial charge on any atom is 0.416 e. The van der Waals surface area contributed by atoms with Gasteiger partial charge in [-0.15, -0.1) is 0 Å². The summed E-state index contributed by atoms with van der Waals surface area (Å²) in [7, 11) is 0. The number of rotatable bonds is 7. The van der Waals surface area contributed by atoms with Crippen molar-refractivity contribution in [3.63, 3.8) is 0 Å². The second kappa shape index (κ2) is 8.54. The first-order valence-electron chi connectivity index (χ1n) is 7.93. The molecule has 9 heteroatoms. The average Bonchev–Trinajstić information content (AvgIpc) is 2.59. The van der Waals surface area contributed by atoms with E-state index in [4.69, 9.17) is 5.11 Å². The van der Waals surface area contributed by atoms with Gasteiger partial charge in [-0.25, -0.2) is 4.79 Å². The molecule has 2 aromatic rings. The Balaban J connectivity index is 2.29. The van der Waals surface area contributed by atoms with Gasteiger partial charge in [0.15, 0.2) is 0 Å². The molecule has 2 aromatic carbocycles. The lowest BCUT2D eigenvalue weighted by Gasteiger charge is -2.14. The highest BCUT2D eigenvalue weighted by Crippen LogP contribution is 2.32. The lowest BCUT2D eigenvalue weighted by atomic mass is 10.1. The summed E-state index contributed by atoms with van der Waals surface area (Å²) in [6.07, 6.45) is -4.18. The Morgan fingerprint density at radius 2 is 1.78 bits per heavy atom. The third-order valence-corrected chi connectivity index (χ3v) is 3.56. The van der Waals surface area contributed by atoms with Crippen LogP contribution in [0.1, 0.15) is 28.8 Å². The van der Waals surface area contributed by atoms with E-state index < -0.39 is 17.7 Å². The molecule has 2 rings (SSSR count). The monoisotopic (exact) mass is 382 g/mol. The van der Waals surface area contributed by atoms with Crippen LogP contribution in [0.15, 0.2) is 42.5 Å². The summed E-state index contributed by atoms with van der Waals surface area (Å²) in [6, 6.07) is 8.26. The number of aliphatic hydroxyl groups is 1. The maximum absolute atomic E-state index is 12.8. The molecular formula is C18H17F3N2O4. The number of anilines is 3. The molecular weight excluding hydrogens is 365 g/mol. The number of carbonyl (C=O) groups excluding carboxylic acids is 1. The molecule has 0 aromatic heterocycles. The van der Waals surface area contributed by atoms with Gasteiger partial charge in [0.2, 0.25) is 5.91 Å². The Hall–Kier alpha value is -3.07. The molecule has 0 atom stereocenters. The number of carbonyl (C=O) groups is 2. The number of alkyl halides is 3. The van der Waals surface area contributed by atoms with Gasteiger partial charge in [-0.1, -0.05) is 6.07 Å². The molecule has 144 valence electrons. The van der Waals surface area contributed by atoms with Crippen LogP contribution in [0.3, 0.4) is 0 Å². The first kappa shape index (κ1) is 20.2. The zero-order valence-electron chi connectivity index (χ0n) is 14.0. The Kier molecular flexibility index (Phi) is 6.40. The molecule has 0 radical (unpaired) electrons. The van der Waals surface area contributed by atoms with Crippen LogP contribution in [-0.2, 0) is 11.0 Å². The first-order chi connectivity index (χ1) is 12.7. The van der Waals surface area contributed by atoms with Crippen molar-refractivity contribution < 1.29 is 33.0 Å². The molecule has 0 saturated heterocycles. The number of nitrogens with one attached hydrogen (secondary N) is 2. The molecule has 0 unspecified atom stereocenters. The number of aromatic carboxylic acids is 1. The lowest BCUT2D eigenvalue weighted by Crippen LogP contribution is -2.12. The van der Waals surface area contributed by atoms with Crippen molar-refractivity contribution in [2.24, 2.45) is 0 Å². The molecule has 0 aliphatic heterocycles. The fraction of sp³-hybridized carbons (Fsp3) is 0.222. The first-order valence-corrected chi connectivity index (χ1v) is 7.93. The molecule has 0 aliphatic carbocycles. The van der Waals surface area contributed by atoms with Crippen LogP contribution in [0.5, 0.6) is 0 Å². The number of aliphatic hydroxyl groups excluding tert-OH is 1. The minimum absolute atomic E-state index is 0.0294. The van der Waals surface area contributed by atoms with Crippen LogP contribution in [0.25, 0.3) is 0 Å². The number of hydrogen-bond acceptors (Lipinski definition) is 4. The largest absolute Gasteiger partial charge is 0.478 e. The fourth-order valence-electron chi connectivity index (χ4n) is 2.30. The Bertz CT molecular complexity index is 838. The van der Waals surface area contributed by atoms with E-state index in [1.165, 1.54) is 30.3 Å². The highest BCUT2D eigenvalue weighted by molar-refractivity contribution is 5.98. The quantitative estimate of drug-likeness (QED) is 0.583. The van der Waals surface area contributed by atoms with Crippen LogP contribution in [0, 0.1) is 0 Å². The summed E-state index contributed by atoms with van der Waals surface area (Å²) >= 11 is 0. The molecule has 0 heterocycles. The summed E-state index contributed by atoms with van der Waals surface area (Å²) in [4.78, 5) is 23.1.